The van der Waals surface area contributed by atoms with Gasteiger partial charge in [0.2, 0.25) is 0 Å². The molecule has 0 fully saturated rings. The number of hydrogen-bond donors (Lipinski definition) is 0. The Morgan fingerprint density at radius 1 is 1.47 bits per heavy atom. The highest BCUT2D eigenvalue weighted by Gasteiger charge is 2.12. The molecule has 0 N–H and O–H groups in total. The van der Waals surface area contributed by atoms with Gasteiger partial charge in [-0.15, -0.1) is 11.3 Å². The molecule has 5 heteroatoms. The molecule has 0 saturated heterocycles. The zero-order valence-corrected chi connectivity index (χ0v) is 11.8. The number of aromatic nitrogens is 1. The number of benzene rings is 1. The van der Waals surface area contributed by atoms with E-state index in [4.69, 9.17) is 4.74 Å². The van der Waals surface area contributed by atoms with Crippen LogP contribution in [0.3, 0.4) is 0 Å². The lowest BCUT2D eigenvalue weighted by Crippen LogP contribution is -1.92. The number of carbonyl (C=O) groups excluding carboxylic acids is 1. The Morgan fingerprint density at radius 3 is 2.82 bits per heavy atom. The summed E-state index contributed by atoms with van der Waals surface area (Å²) in [6.45, 7) is 1.51. The van der Waals surface area contributed by atoms with E-state index >= 15 is 0 Å². The lowest BCUT2D eigenvalue weighted by molar-refractivity contribution is 0.101. The number of rotatable bonds is 3. The number of nitrogens with zero attached hydrogens (tertiary/aromatic N) is 1. The average molecular weight is 312 g/mol. The highest BCUT2D eigenvalue weighted by Crippen LogP contribution is 2.34. The Morgan fingerprint density at radius 2 is 2.24 bits per heavy atom. The van der Waals surface area contributed by atoms with Crippen molar-refractivity contribution in [1.82, 2.24) is 4.98 Å². The van der Waals surface area contributed by atoms with E-state index < -0.39 is 0 Å². The van der Waals surface area contributed by atoms with Crippen LogP contribution in [0.15, 0.2) is 28.1 Å². The van der Waals surface area contributed by atoms with Crippen LogP contribution in [0.1, 0.15) is 17.4 Å². The molecular formula is C12H10BrNO2S. The molecule has 2 rings (SSSR count). The maximum absolute atomic E-state index is 11.2. The van der Waals surface area contributed by atoms with E-state index in [1.54, 1.807) is 12.5 Å². The Bertz CT molecular complexity index is 565. The molecule has 1 aromatic heterocycles. The molecular weight excluding hydrogens is 302 g/mol. The third-order valence-electron chi connectivity index (χ3n) is 2.26. The van der Waals surface area contributed by atoms with Gasteiger partial charge in [0, 0.05) is 16.8 Å². The first-order valence-electron chi connectivity index (χ1n) is 4.92. The van der Waals surface area contributed by atoms with Crippen molar-refractivity contribution in [3.05, 3.63) is 33.7 Å². The highest BCUT2D eigenvalue weighted by molar-refractivity contribution is 9.10. The molecule has 0 unspecified atom stereocenters. The minimum absolute atomic E-state index is 0.0264. The van der Waals surface area contributed by atoms with Gasteiger partial charge >= 0.3 is 0 Å². The van der Waals surface area contributed by atoms with Crippen molar-refractivity contribution in [1.29, 1.82) is 0 Å². The van der Waals surface area contributed by atoms with Crippen molar-refractivity contribution in [3.8, 4) is 16.3 Å². The fourth-order valence-corrected chi connectivity index (χ4v) is 2.65. The predicted molar refractivity (Wildman–Crippen MR) is 71.8 cm³/mol. The van der Waals surface area contributed by atoms with E-state index in [0.717, 1.165) is 20.8 Å². The van der Waals surface area contributed by atoms with Crippen LogP contribution in [-0.2, 0) is 0 Å². The Labute approximate surface area is 112 Å². The van der Waals surface area contributed by atoms with E-state index in [0.29, 0.717) is 5.69 Å². The van der Waals surface area contributed by atoms with Crippen LogP contribution in [0.2, 0.25) is 0 Å². The van der Waals surface area contributed by atoms with Gasteiger partial charge in [0.15, 0.2) is 5.78 Å². The molecule has 0 aliphatic rings. The predicted octanol–water partition coefficient (Wildman–Crippen LogP) is 3.78. The summed E-state index contributed by atoms with van der Waals surface area (Å²) in [6.07, 6.45) is 0. The van der Waals surface area contributed by atoms with Crippen LogP contribution in [0, 0.1) is 0 Å². The van der Waals surface area contributed by atoms with Gasteiger partial charge in [0.05, 0.1) is 12.7 Å². The maximum Gasteiger partial charge on any atom is 0.178 e. The third-order valence-corrected chi connectivity index (χ3v) is 3.63. The zero-order chi connectivity index (χ0) is 12.4. The second-order valence-corrected chi connectivity index (χ2v) is 5.21. The molecule has 1 heterocycles. The molecule has 0 saturated carbocycles. The summed E-state index contributed by atoms with van der Waals surface area (Å²) in [7, 11) is 1.62. The zero-order valence-electron chi connectivity index (χ0n) is 9.36. The van der Waals surface area contributed by atoms with Crippen molar-refractivity contribution < 1.29 is 9.53 Å². The van der Waals surface area contributed by atoms with Gasteiger partial charge in [-0.1, -0.05) is 15.9 Å². The minimum atomic E-state index is -0.0264. The van der Waals surface area contributed by atoms with Crippen molar-refractivity contribution in [2.24, 2.45) is 0 Å². The Kier molecular flexibility index (Phi) is 3.59. The summed E-state index contributed by atoms with van der Waals surface area (Å²) >= 11 is 4.85. The van der Waals surface area contributed by atoms with Gasteiger partial charge in [-0.3, -0.25) is 4.79 Å². The largest absolute Gasteiger partial charge is 0.496 e. The van der Waals surface area contributed by atoms with Crippen LogP contribution in [0.4, 0.5) is 0 Å². The summed E-state index contributed by atoms with van der Waals surface area (Å²) in [5.41, 5.74) is 1.38. The lowest BCUT2D eigenvalue weighted by atomic mass is 10.2. The van der Waals surface area contributed by atoms with Crippen LogP contribution < -0.4 is 4.74 Å². The summed E-state index contributed by atoms with van der Waals surface area (Å²) in [5, 5.41) is 2.55. The second kappa shape index (κ2) is 4.98. The molecule has 3 nitrogen and oxygen atoms in total. The van der Waals surface area contributed by atoms with E-state index in [1.165, 1.54) is 18.3 Å². The fraction of sp³-hybridized carbons (Fsp3) is 0.167. The van der Waals surface area contributed by atoms with Gasteiger partial charge < -0.3 is 4.74 Å². The molecule has 2 aromatic rings. The van der Waals surface area contributed by atoms with E-state index in [-0.39, 0.29) is 5.78 Å². The third kappa shape index (κ3) is 2.56. The van der Waals surface area contributed by atoms with E-state index in [2.05, 4.69) is 20.9 Å². The monoisotopic (exact) mass is 311 g/mol. The number of ether oxygens (including phenoxy) is 1. The van der Waals surface area contributed by atoms with Gasteiger partial charge in [-0.05, 0) is 18.2 Å². The topological polar surface area (TPSA) is 39.2 Å². The number of hydrogen-bond acceptors (Lipinski definition) is 4. The minimum Gasteiger partial charge on any atom is -0.496 e. The summed E-state index contributed by atoms with van der Waals surface area (Å²) < 4.78 is 6.24. The fourth-order valence-electron chi connectivity index (χ4n) is 1.41. The SMILES string of the molecule is COc1ccc(Br)cc1-c1nc(C(C)=O)cs1. The average Bonchev–Trinajstić information content (AvgIpc) is 2.78. The van der Waals surface area contributed by atoms with E-state index in [9.17, 15) is 4.79 Å². The quantitative estimate of drug-likeness (QED) is 0.810. The number of methoxy groups -OCH3 is 1. The molecule has 0 amide bonds. The molecule has 0 atom stereocenters. The van der Waals surface area contributed by atoms with Crippen LogP contribution in [0.5, 0.6) is 5.75 Å². The highest BCUT2D eigenvalue weighted by atomic mass is 79.9. The van der Waals surface area contributed by atoms with Crippen LogP contribution in [-0.4, -0.2) is 17.9 Å². The number of thiazole rings is 1. The number of carbonyl (C=O) groups is 1. The Hall–Kier alpha value is -1.20. The molecule has 0 spiro atoms. The van der Waals surface area contributed by atoms with Gasteiger partial charge in [0.25, 0.3) is 0 Å². The number of halogens is 1. The number of Topliss-reactive ketones (excluding diaryl/α,β-unsaturated/α-hetero) is 1. The van der Waals surface area contributed by atoms with Gasteiger partial charge in [-0.2, -0.15) is 0 Å². The first kappa shape index (κ1) is 12.3. The van der Waals surface area contributed by atoms with Gasteiger partial charge in [-0.25, -0.2) is 4.98 Å². The standard InChI is InChI=1S/C12H10BrNO2S/c1-7(15)10-6-17-12(14-10)9-5-8(13)3-4-11(9)16-2/h3-6H,1-2H3. The normalized spacial score (nSPS) is 10.3. The summed E-state index contributed by atoms with van der Waals surface area (Å²) in [6, 6.07) is 5.71. The summed E-state index contributed by atoms with van der Waals surface area (Å²) in [4.78, 5) is 15.5. The van der Waals surface area contributed by atoms with Gasteiger partial charge in [0.1, 0.15) is 16.5 Å². The van der Waals surface area contributed by atoms with Crippen molar-refractivity contribution in [3.63, 3.8) is 0 Å². The molecule has 0 aliphatic carbocycles. The van der Waals surface area contributed by atoms with E-state index in [1.807, 2.05) is 18.2 Å². The van der Waals surface area contributed by atoms with Crippen molar-refractivity contribution in [2.75, 3.05) is 7.11 Å². The van der Waals surface area contributed by atoms with Crippen molar-refractivity contribution in [2.45, 2.75) is 6.92 Å². The molecule has 1 aromatic carbocycles. The second-order valence-electron chi connectivity index (χ2n) is 3.44. The van der Waals surface area contributed by atoms with Crippen molar-refractivity contribution >= 4 is 33.0 Å². The molecule has 88 valence electrons. The molecule has 0 bridgehead atoms. The molecule has 0 aliphatic heterocycles. The maximum atomic E-state index is 11.2. The first-order chi connectivity index (χ1) is 8.11. The molecule has 0 radical (unpaired) electrons. The first-order valence-corrected chi connectivity index (χ1v) is 6.59. The summed E-state index contributed by atoms with van der Waals surface area (Å²) in [5.74, 6) is 0.721. The Balaban J connectivity index is 2.51. The van der Waals surface area contributed by atoms with Crippen LogP contribution >= 0.6 is 27.3 Å². The molecule has 17 heavy (non-hydrogen) atoms. The lowest BCUT2D eigenvalue weighted by Gasteiger charge is -2.05. The smallest absolute Gasteiger partial charge is 0.178 e. The number of ketones is 1. The van der Waals surface area contributed by atoms with Crippen LogP contribution in [0.25, 0.3) is 10.6 Å².